The Labute approximate surface area is 115 Å². The molecule has 1 unspecified atom stereocenters. The van der Waals surface area contributed by atoms with Crippen LogP contribution >= 0.6 is 15.9 Å². The van der Waals surface area contributed by atoms with Gasteiger partial charge in [0.15, 0.2) is 6.10 Å². The van der Waals surface area contributed by atoms with Crippen molar-refractivity contribution in [3.05, 3.63) is 27.2 Å². The van der Waals surface area contributed by atoms with Gasteiger partial charge in [0.2, 0.25) is 0 Å². The summed E-state index contributed by atoms with van der Waals surface area (Å²) in [6.07, 6.45) is -1.35. The smallest absolute Gasteiger partial charge is 0.339 e. The van der Waals surface area contributed by atoms with Crippen LogP contribution in [0.3, 0.4) is 0 Å². The van der Waals surface area contributed by atoms with E-state index in [1.807, 2.05) is 19.9 Å². The van der Waals surface area contributed by atoms with Gasteiger partial charge in [-0.05, 0) is 47.8 Å². The number of ether oxygens (including phenoxy) is 2. The van der Waals surface area contributed by atoms with Crippen LogP contribution in [0.2, 0.25) is 0 Å². The van der Waals surface area contributed by atoms with E-state index in [1.165, 1.54) is 7.11 Å². The molecule has 100 valence electrons. The Bertz CT molecular complexity index is 457. The Morgan fingerprint density at radius 2 is 2.06 bits per heavy atom. The topological polar surface area (TPSA) is 55.8 Å². The number of carbonyl (C=O) groups excluding carboxylic acids is 1. The van der Waals surface area contributed by atoms with Crippen molar-refractivity contribution in [3.63, 3.8) is 0 Å². The van der Waals surface area contributed by atoms with Crippen LogP contribution in [0.15, 0.2) is 10.5 Å². The molecule has 0 heterocycles. The van der Waals surface area contributed by atoms with E-state index < -0.39 is 12.1 Å². The van der Waals surface area contributed by atoms with Crippen molar-refractivity contribution in [1.82, 2.24) is 0 Å². The normalized spacial score (nSPS) is 12.1. The maximum absolute atomic E-state index is 11.6. The van der Waals surface area contributed by atoms with E-state index in [2.05, 4.69) is 15.9 Å². The van der Waals surface area contributed by atoms with E-state index in [4.69, 9.17) is 9.47 Å². The van der Waals surface area contributed by atoms with E-state index >= 15 is 0 Å². The lowest BCUT2D eigenvalue weighted by atomic mass is 10.0. The third kappa shape index (κ3) is 2.84. The van der Waals surface area contributed by atoms with E-state index in [0.717, 1.165) is 11.1 Å². The van der Waals surface area contributed by atoms with Crippen LogP contribution in [0.25, 0.3) is 0 Å². The van der Waals surface area contributed by atoms with Gasteiger partial charge in [0, 0.05) is 10.0 Å². The first-order chi connectivity index (χ1) is 8.43. The molecule has 18 heavy (non-hydrogen) atoms. The van der Waals surface area contributed by atoms with Crippen LogP contribution < -0.4 is 4.74 Å². The molecule has 1 aromatic rings. The summed E-state index contributed by atoms with van der Waals surface area (Å²) >= 11 is 3.38. The summed E-state index contributed by atoms with van der Waals surface area (Å²) in [5, 5.41) is 10.1. The number of methoxy groups -OCH3 is 1. The van der Waals surface area contributed by atoms with Gasteiger partial charge in [-0.25, -0.2) is 4.79 Å². The molecule has 0 amide bonds. The summed E-state index contributed by atoms with van der Waals surface area (Å²) in [7, 11) is 1.51. The van der Waals surface area contributed by atoms with Crippen LogP contribution in [0, 0.1) is 13.8 Å². The first-order valence-corrected chi connectivity index (χ1v) is 6.41. The number of aliphatic hydroxyl groups is 1. The lowest BCUT2D eigenvalue weighted by Crippen LogP contribution is -2.17. The monoisotopic (exact) mass is 316 g/mol. The fourth-order valence-corrected chi connectivity index (χ4v) is 2.34. The highest BCUT2D eigenvalue weighted by molar-refractivity contribution is 9.10. The largest absolute Gasteiger partial charge is 0.496 e. The van der Waals surface area contributed by atoms with E-state index in [-0.39, 0.29) is 6.61 Å². The minimum absolute atomic E-state index is 0.223. The van der Waals surface area contributed by atoms with Gasteiger partial charge in [-0.1, -0.05) is 6.07 Å². The summed E-state index contributed by atoms with van der Waals surface area (Å²) in [4.78, 5) is 11.6. The maximum Gasteiger partial charge on any atom is 0.339 e. The van der Waals surface area contributed by atoms with Crippen molar-refractivity contribution in [3.8, 4) is 5.75 Å². The van der Waals surface area contributed by atoms with Crippen molar-refractivity contribution in [2.24, 2.45) is 0 Å². The fourth-order valence-electron chi connectivity index (χ4n) is 1.83. The standard InChI is InChI=1S/C13H17BrO4/c1-5-18-13(16)11(15)9-10(14)7(2)6-8(3)12(9)17-4/h6,11,15H,5H2,1-4H3. The van der Waals surface area contributed by atoms with Crippen LogP contribution in [0.4, 0.5) is 0 Å². The third-order valence-corrected chi connectivity index (χ3v) is 3.66. The number of hydrogen-bond acceptors (Lipinski definition) is 4. The average molecular weight is 317 g/mol. The molecule has 0 radical (unpaired) electrons. The van der Waals surface area contributed by atoms with Crippen molar-refractivity contribution in [1.29, 1.82) is 0 Å². The third-order valence-electron chi connectivity index (χ3n) is 2.61. The number of esters is 1. The summed E-state index contributed by atoms with van der Waals surface area (Å²) in [5.74, 6) is -0.186. The summed E-state index contributed by atoms with van der Waals surface area (Å²) < 4.78 is 10.7. The number of benzene rings is 1. The highest BCUT2D eigenvalue weighted by Gasteiger charge is 2.27. The first-order valence-electron chi connectivity index (χ1n) is 5.62. The SMILES string of the molecule is CCOC(=O)C(O)c1c(Br)c(C)cc(C)c1OC. The lowest BCUT2D eigenvalue weighted by molar-refractivity contribution is -0.153. The molecule has 0 bridgehead atoms. The van der Waals surface area contributed by atoms with Gasteiger partial charge in [-0.15, -0.1) is 0 Å². The number of halogens is 1. The van der Waals surface area contributed by atoms with E-state index in [9.17, 15) is 9.90 Å². The predicted molar refractivity (Wildman–Crippen MR) is 71.8 cm³/mol. The predicted octanol–water partition coefficient (Wildman–Crippen LogP) is 2.67. The van der Waals surface area contributed by atoms with Gasteiger partial charge in [-0.3, -0.25) is 0 Å². The summed E-state index contributed by atoms with van der Waals surface area (Å²) in [5.41, 5.74) is 2.19. The Kier molecular flexibility index (Phi) is 5.16. The van der Waals surface area contributed by atoms with Crippen molar-refractivity contribution < 1.29 is 19.4 Å². The zero-order chi connectivity index (χ0) is 13.9. The Morgan fingerprint density at radius 1 is 1.44 bits per heavy atom. The first kappa shape index (κ1) is 15.0. The van der Waals surface area contributed by atoms with Crippen LogP contribution in [0.5, 0.6) is 5.75 Å². The fraction of sp³-hybridized carbons (Fsp3) is 0.462. The van der Waals surface area contributed by atoms with Gasteiger partial charge in [0.25, 0.3) is 0 Å². The molecular weight excluding hydrogens is 300 g/mol. The van der Waals surface area contributed by atoms with Gasteiger partial charge in [0.05, 0.1) is 13.7 Å². The van der Waals surface area contributed by atoms with Gasteiger partial charge < -0.3 is 14.6 Å². The molecular formula is C13H17BrO4. The highest BCUT2D eigenvalue weighted by Crippen LogP contribution is 2.38. The van der Waals surface area contributed by atoms with E-state index in [1.54, 1.807) is 6.92 Å². The molecule has 0 spiro atoms. The molecule has 0 aliphatic heterocycles. The molecule has 5 heteroatoms. The molecule has 0 aliphatic rings. The van der Waals surface area contributed by atoms with Gasteiger partial charge >= 0.3 is 5.97 Å². The maximum atomic E-state index is 11.6. The molecule has 4 nitrogen and oxygen atoms in total. The number of carbonyl (C=O) groups is 1. The summed E-state index contributed by atoms with van der Waals surface area (Å²) in [6, 6.07) is 1.92. The Morgan fingerprint density at radius 3 is 2.56 bits per heavy atom. The van der Waals surface area contributed by atoms with Crippen molar-refractivity contribution in [2.75, 3.05) is 13.7 Å². The second-order valence-electron chi connectivity index (χ2n) is 3.93. The van der Waals surface area contributed by atoms with Crippen LogP contribution in [-0.4, -0.2) is 24.8 Å². The van der Waals surface area contributed by atoms with Crippen molar-refractivity contribution in [2.45, 2.75) is 26.9 Å². The quantitative estimate of drug-likeness (QED) is 0.868. The number of aliphatic hydroxyl groups excluding tert-OH is 1. The number of aryl methyl sites for hydroxylation is 2. The second kappa shape index (κ2) is 6.20. The van der Waals surface area contributed by atoms with Gasteiger partial charge in [0.1, 0.15) is 5.75 Å². The molecule has 1 atom stereocenters. The summed E-state index contributed by atoms with van der Waals surface area (Å²) in [6.45, 7) is 5.66. The number of rotatable bonds is 4. The average Bonchev–Trinajstić information content (AvgIpc) is 2.32. The van der Waals surface area contributed by atoms with Gasteiger partial charge in [-0.2, -0.15) is 0 Å². The Balaban J connectivity index is 3.33. The van der Waals surface area contributed by atoms with Crippen molar-refractivity contribution >= 4 is 21.9 Å². The highest BCUT2D eigenvalue weighted by atomic mass is 79.9. The molecule has 0 saturated heterocycles. The van der Waals surface area contributed by atoms with E-state index in [0.29, 0.717) is 15.8 Å². The molecule has 1 aromatic carbocycles. The van der Waals surface area contributed by atoms with Crippen LogP contribution in [0.1, 0.15) is 29.7 Å². The molecule has 0 aliphatic carbocycles. The molecule has 0 aromatic heterocycles. The molecule has 0 saturated carbocycles. The Hall–Kier alpha value is -1.07. The zero-order valence-corrected chi connectivity index (χ0v) is 12.5. The molecule has 1 rings (SSSR count). The lowest BCUT2D eigenvalue weighted by Gasteiger charge is -2.19. The molecule has 0 fully saturated rings. The van der Waals surface area contributed by atoms with Crippen LogP contribution in [-0.2, 0) is 9.53 Å². The minimum Gasteiger partial charge on any atom is -0.496 e. The second-order valence-corrected chi connectivity index (χ2v) is 4.72. The minimum atomic E-state index is -1.35. The molecule has 1 N–H and O–H groups in total. The zero-order valence-electron chi connectivity index (χ0n) is 10.9. The number of hydrogen-bond donors (Lipinski definition) is 1.